The van der Waals surface area contributed by atoms with Crippen molar-refractivity contribution < 1.29 is 44.2 Å². The van der Waals surface area contributed by atoms with Crippen molar-refractivity contribution in [2.24, 2.45) is 11.8 Å². The van der Waals surface area contributed by atoms with Crippen molar-refractivity contribution in [1.29, 1.82) is 0 Å². The van der Waals surface area contributed by atoms with Crippen LogP contribution in [0.25, 0.3) is 0 Å². The zero-order valence-electron chi connectivity index (χ0n) is 17.5. The Morgan fingerprint density at radius 2 is 0.893 bits per heavy atom. The largest absolute Gasteiger partial charge is 1.00 e. The monoisotopic (exact) mass is 434 g/mol. The molecule has 1 saturated heterocycles. The summed E-state index contributed by atoms with van der Waals surface area (Å²) in [7, 11) is 0. The van der Waals surface area contributed by atoms with Crippen molar-refractivity contribution in [3.05, 3.63) is 0 Å². The second-order valence-corrected chi connectivity index (χ2v) is 9.10. The summed E-state index contributed by atoms with van der Waals surface area (Å²) in [5, 5.41) is 0. The van der Waals surface area contributed by atoms with Crippen LogP contribution in [0.5, 0.6) is 0 Å². The lowest BCUT2D eigenvalue weighted by Gasteiger charge is -2.30. The predicted octanol–water partition coefficient (Wildman–Crippen LogP) is -5.14. The number of nitrogens with one attached hydrogen (secondary N) is 2. The molecule has 1 aliphatic heterocycles. The number of Topliss-reactive ketones (excluding diaryl/α,β-unsaturated/α-hetero) is 2. The van der Waals surface area contributed by atoms with E-state index in [1.54, 1.807) is 9.80 Å². The molecule has 0 amide bonds. The van der Waals surface area contributed by atoms with E-state index in [0.29, 0.717) is 23.4 Å². The Morgan fingerprint density at radius 3 is 1.21 bits per heavy atom. The Balaban J connectivity index is 0.00000196. The summed E-state index contributed by atoms with van der Waals surface area (Å²) < 4.78 is 0. The van der Waals surface area contributed by atoms with Gasteiger partial charge >= 0.3 is 0 Å². The first-order valence-electron chi connectivity index (χ1n) is 11.4. The van der Waals surface area contributed by atoms with Crippen molar-refractivity contribution in [3.63, 3.8) is 0 Å². The van der Waals surface area contributed by atoms with Crippen LogP contribution in [0, 0.1) is 11.8 Å². The molecule has 3 fully saturated rings. The molecule has 0 aromatic heterocycles. The Kier molecular flexibility index (Phi) is 12.9. The van der Waals surface area contributed by atoms with Gasteiger partial charge < -0.3 is 34.6 Å². The number of ketones is 2. The molecule has 2 N–H and O–H groups in total. The summed E-state index contributed by atoms with van der Waals surface area (Å²) in [5.41, 5.74) is 0. The van der Waals surface area contributed by atoms with Crippen molar-refractivity contribution >= 4 is 11.6 Å². The molecular weight excluding hydrogens is 395 g/mol. The van der Waals surface area contributed by atoms with Gasteiger partial charge in [0.1, 0.15) is 37.7 Å². The quantitative estimate of drug-likeness (QED) is 0.401. The Morgan fingerprint density at radius 1 is 0.571 bits per heavy atom. The number of carbonyl (C=O) groups excluding carboxylic acids is 2. The molecule has 3 rings (SSSR count). The normalized spacial score (nSPS) is 26.7. The molecular formula is C22H40Cl2N2O2. The van der Waals surface area contributed by atoms with Crippen LogP contribution in [0.4, 0.5) is 0 Å². The number of hydrogen-bond donors (Lipinski definition) is 2. The van der Waals surface area contributed by atoms with Gasteiger partial charge in [-0.2, -0.15) is 0 Å². The van der Waals surface area contributed by atoms with Crippen molar-refractivity contribution in [1.82, 2.24) is 0 Å². The van der Waals surface area contributed by atoms with Gasteiger partial charge in [-0.25, -0.2) is 0 Å². The minimum Gasteiger partial charge on any atom is -1.00 e. The molecule has 6 heteroatoms. The number of quaternary nitrogens is 2. The number of halogens is 2. The van der Waals surface area contributed by atoms with E-state index in [1.807, 2.05) is 0 Å². The molecule has 0 atom stereocenters. The molecule has 0 spiro atoms. The summed E-state index contributed by atoms with van der Waals surface area (Å²) >= 11 is 0. The molecule has 0 unspecified atom stereocenters. The van der Waals surface area contributed by atoms with Gasteiger partial charge in [0.05, 0.1) is 25.9 Å². The second kappa shape index (κ2) is 14.0. The van der Waals surface area contributed by atoms with Crippen LogP contribution in [0.1, 0.15) is 77.0 Å². The van der Waals surface area contributed by atoms with E-state index in [1.165, 1.54) is 64.7 Å². The van der Waals surface area contributed by atoms with E-state index >= 15 is 0 Å². The van der Waals surface area contributed by atoms with Gasteiger partial charge in [0.2, 0.25) is 0 Å². The molecule has 1 heterocycles. The molecule has 4 nitrogen and oxygen atoms in total. The van der Waals surface area contributed by atoms with E-state index in [9.17, 15) is 9.59 Å². The van der Waals surface area contributed by atoms with Gasteiger partial charge in [-0.15, -0.1) is 0 Å². The number of hydrogen-bond acceptors (Lipinski definition) is 2. The maximum absolute atomic E-state index is 12.4. The van der Waals surface area contributed by atoms with Crippen LogP contribution in [-0.4, -0.2) is 50.8 Å². The molecule has 164 valence electrons. The summed E-state index contributed by atoms with van der Waals surface area (Å²) in [6, 6.07) is 0. The van der Waals surface area contributed by atoms with Gasteiger partial charge in [-0.1, -0.05) is 38.5 Å². The highest BCUT2D eigenvalue weighted by molar-refractivity contribution is 5.81. The smallest absolute Gasteiger partial charge is 0.141 e. The van der Waals surface area contributed by atoms with Crippen molar-refractivity contribution in [3.8, 4) is 0 Å². The topological polar surface area (TPSA) is 43.0 Å². The maximum Gasteiger partial charge on any atom is 0.141 e. The highest BCUT2D eigenvalue weighted by Gasteiger charge is 2.27. The fourth-order valence-corrected chi connectivity index (χ4v) is 5.31. The zero-order chi connectivity index (χ0) is 18.2. The molecule has 28 heavy (non-hydrogen) atoms. The SMILES string of the molecule is O=C(CC[NH+]1CC[NH+](CCC(=O)C2CCCCC2)CC1)C1CCCCC1.[Cl-].[Cl-]. The number of piperazine rings is 1. The highest BCUT2D eigenvalue weighted by atomic mass is 35.5. The second-order valence-electron chi connectivity index (χ2n) is 9.10. The fraction of sp³-hybridized carbons (Fsp3) is 0.909. The van der Waals surface area contributed by atoms with Gasteiger partial charge in [-0.3, -0.25) is 9.59 Å². The predicted molar refractivity (Wildman–Crippen MR) is 104 cm³/mol. The molecule has 0 aromatic carbocycles. The van der Waals surface area contributed by atoms with E-state index in [0.717, 1.165) is 51.6 Å². The van der Waals surface area contributed by atoms with Crippen LogP contribution in [0.15, 0.2) is 0 Å². The first kappa shape index (κ1) is 25.9. The van der Waals surface area contributed by atoms with Crippen LogP contribution < -0.4 is 34.6 Å². The van der Waals surface area contributed by atoms with Crippen LogP contribution >= 0.6 is 0 Å². The van der Waals surface area contributed by atoms with E-state index in [-0.39, 0.29) is 24.8 Å². The standard InChI is InChI=1S/C22H38N2O2.2ClH/c25-21(19-7-3-1-4-8-19)11-13-23-15-17-24(18-16-23)14-12-22(26)20-9-5-2-6-10-20;;/h19-20H,1-18H2;2*1H. The lowest BCUT2D eigenvalue weighted by molar-refractivity contribution is -1.01. The summed E-state index contributed by atoms with van der Waals surface area (Å²) in [6.45, 7) is 6.75. The van der Waals surface area contributed by atoms with E-state index in [4.69, 9.17) is 0 Å². The summed E-state index contributed by atoms with van der Waals surface area (Å²) in [5.74, 6) is 1.82. The van der Waals surface area contributed by atoms with E-state index in [2.05, 4.69) is 0 Å². The summed E-state index contributed by atoms with van der Waals surface area (Å²) in [6.07, 6.45) is 13.8. The molecule has 0 aromatic rings. The lowest BCUT2D eigenvalue weighted by atomic mass is 9.85. The highest BCUT2D eigenvalue weighted by Crippen LogP contribution is 2.25. The Bertz CT molecular complexity index is 413. The van der Waals surface area contributed by atoms with Crippen LogP contribution in [0.3, 0.4) is 0 Å². The van der Waals surface area contributed by atoms with E-state index < -0.39 is 0 Å². The minimum atomic E-state index is 0. The third kappa shape index (κ3) is 8.30. The third-order valence-electron chi connectivity index (χ3n) is 7.24. The Hall–Kier alpha value is -0.160. The van der Waals surface area contributed by atoms with Gasteiger partial charge in [0, 0.05) is 11.8 Å². The minimum absolute atomic E-state index is 0. The van der Waals surface area contributed by atoms with Gasteiger partial charge in [0.15, 0.2) is 0 Å². The number of carbonyl (C=O) groups is 2. The third-order valence-corrected chi connectivity index (χ3v) is 7.24. The fourth-order valence-electron chi connectivity index (χ4n) is 5.31. The molecule has 2 aliphatic carbocycles. The zero-order valence-corrected chi connectivity index (χ0v) is 19.0. The molecule has 2 saturated carbocycles. The first-order valence-corrected chi connectivity index (χ1v) is 11.4. The number of rotatable bonds is 8. The van der Waals surface area contributed by atoms with Crippen molar-refractivity contribution in [2.75, 3.05) is 39.3 Å². The van der Waals surface area contributed by atoms with Crippen LogP contribution in [-0.2, 0) is 9.59 Å². The average Bonchev–Trinajstić information content (AvgIpc) is 2.72. The summed E-state index contributed by atoms with van der Waals surface area (Å²) in [4.78, 5) is 28.0. The Labute approximate surface area is 184 Å². The maximum atomic E-state index is 12.4. The van der Waals surface area contributed by atoms with Crippen molar-refractivity contribution in [2.45, 2.75) is 77.0 Å². The molecule has 3 aliphatic rings. The lowest BCUT2D eigenvalue weighted by Crippen LogP contribution is -3.28. The van der Waals surface area contributed by atoms with Gasteiger partial charge in [0.25, 0.3) is 0 Å². The average molecular weight is 435 g/mol. The van der Waals surface area contributed by atoms with Gasteiger partial charge in [-0.05, 0) is 25.7 Å². The molecule has 0 bridgehead atoms. The van der Waals surface area contributed by atoms with Crippen LogP contribution in [0.2, 0.25) is 0 Å². The molecule has 0 radical (unpaired) electrons. The first-order chi connectivity index (χ1) is 12.7.